The minimum atomic E-state index is -0.997. The van der Waals surface area contributed by atoms with Crippen LogP contribution in [0.15, 0.2) is 77.7 Å². The van der Waals surface area contributed by atoms with Gasteiger partial charge in [-0.25, -0.2) is 0 Å². The highest BCUT2D eigenvalue weighted by Gasteiger charge is 2.38. The molecule has 9 heteroatoms. The van der Waals surface area contributed by atoms with Crippen LogP contribution < -0.4 is 10.1 Å². The third-order valence-electron chi connectivity index (χ3n) is 6.90. The fourth-order valence-electron chi connectivity index (χ4n) is 4.52. The van der Waals surface area contributed by atoms with Crippen molar-refractivity contribution in [2.45, 2.75) is 56.3 Å². The number of carbonyl (C=O) groups is 2. The van der Waals surface area contributed by atoms with Crippen LogP contribution in [0.4, 0.5) is 0 Å². The van der Waals surface area contributed by atoms with Crippen molar-refractivity contribution in [2.75, 3.05) is 12.9 Å². The van der Waals surface area contributed by atoms with Gasteiger partial charge in [0, 0.05) is 35.1 Å². The second-order valence-corrected chi connectivity index (χ2v) is 10.8. The quantitative estimate of drug-likeness (QED) is 0.255. The Morgan fingerprint density at radius 2 is 1.60 bits per heavy atom. The van der Waals surface area contributed by atoms with E-state index in [0.717, 1.165) is 32.9 Å². The lowest BCUT2D eigenvalue weighted by Crippen LogP contribution is -2.38. The Hall–Kier alpha value is -3.37. The van der Waals surface area contributed by atoms with Gasteiger partial charge in [-0.1, -0.05) is 67.6 Å². The van der Waals surface area contributed by atoms with Gasteiger partial charge < -0.3 is 29.7 Å². The molecule has 0 saturated carbocycles. The smallest absolute Gasteiger partial charge is 0.303 e. The predicted molar refractivity (Wildman–Crippen MR) is 152 cm³/mol. The maximum absolute atomic E-state index is 11.9. The molecule has 3 aromatic carbocycles. The lowest BCUT2D eigenvalue weighted by molar-refractivity contribution is -0.268. The number of carboxylic acids is 1. The number of rotatable bonds is 12. The van der Waals surface area contributed by atoms with E-state index in [-0.39, 0.29) is 43.5 Å². The molecule has 212 valence electrons. The number of methoxy groups -OCH3 is 1. The highest BCUT2D eigenvalue weighted by molar-refractivity contribution is 7.99. The number of hydrogen-bond donors (Lipinski definition) is 3. The average molecular weight is 566 g/mol. The summed E-state index contributed by atoms with van der Waals surface area (Å²) in [4.78, 5) is 23.6. The summed E-state index contributed by atoms with van der Waals surface area (Å²) in [6.45, 7) is 2.42. The van der Waals surface area contributed by atoms with E-state index in [2.05, 4.69) is 12.2 Å². The Morgan fingerprint density at radius 3 is 2.27 bits per heavy atom. The van der Waals surface area contributed by atoms with E-state index in [1.54, 1.807) is 18.9 Å². The molecule has 1 fully saturated rings. The summed E-state index contributed by atoms with van der Waals surface area (Å²) in [5.41, 5.74) is 3.60. The molecule has 8 nitrogen and oxygen atoms in total. The van der Waals surface area contributed by atoms with E-state index < -0.39 is 12.3 Å². The number of carbonyl (C=O) groups excluding carboxylic acids is 1. The lowest BCUT2D eigenvalue weighted by atomic mass is 9.91. The Morgan fingerprint density at radius 1 is 0.925 bits per heavy atom. The summed E-state index contributed by atoms with van der Waals surface area (Å²) >= 11 is 1.68. The molecule has 0 bridgehead atoms. The molecule has 1 heterocycles. The maximum atomic E-state index is 11.9. The van der Waals surface area contributed by atoms with Gasteiger partial charge in [0.1, 0.15) is 5.75 Å². The minimum absolute atomic E-state index is 0.0162. The summed E-state index contributed by atoms with van der Waals surface area (Å²) in [6.07, 6.45) is -1.18. The van der Waals surface area contributed by atoms with Crippen LogP contribution in [-0.4, -0.2) is 41.1 Å². The Bertz CT molecular complexity index is 1270. The molecule has 4 atom stereocenters. The Labute approximate surface area is 238 Å². The van der Waals surface area contributed by atoms with E-state index in [1.165, 1.54) is 0 Å². The summed E-state index contributed by atoms with van der Waals surface area (Å²) < 4.78 is 18.6. The summed E-state index contributed by atoms with van der Waals surface area (Å²) in [5, 5.41) is 21.0. The van der Waals surface area contributed by atoms with Crippen molar-refractivity contribution in [1.29, 1.82) is 0 Å². The van der Waals surface area contributed by atoms with Crippen molar-refractivity contribution in [3.63, 3.8) is 0 Å². The highest BCUT2D eigenvalue weighted by Crippen LogP contribution is 2.43. The van der Waals surface area contributed by atoms with Gasteiger partial charge in [0.15, 0.2) is 6.29 Å². The predicted octanol–water partition coefficient (Wildman–Crippen LogP) is 5.25. The molecule has 0 aromatic heterocycles. The van der Waals surface area contributed by atoms with E-state index in [4.69, 9.17) is 19.3 Å². The molecule has 3 N–H and O–H groups in total. The number of thioether (sulfide) groups is 1. The summed E-state index contributed by atoms with van der Waals surface area (Å²) in [5.74, 6) is 0.283. The third-order valence-corrected chi connectivity index (χ3v) is 8.05. The van der Waals surface area contributed by atoms with Gasteiger partial charge in [-0.05, 0) is 28.8 Å². The van der Waals surface area contributed by atoms with E-state index >= 15 is 0 Å². The number of amides is 1. The number of aliphatic hydroxyl groups excluding tert-OH is 1. The first kappa shape index (κ1) is 29.6. The van der Waals surface area contributed by atoms with Crippen molar-refractivity contribution in [3.05, 3.63) is 95.1 Å². The number of ether oxygens (including phenoxy) is 3. The Balaban J connectivity index is 1.49. The molecular formula is C31H35NO7S. The fraction of sp³-hybridized carbons (Fsp3) is 0.355. The van der Waals surface area contributed by atoms with Crippen LogP contribution in [0.2, 0.25) is 0 Å². The molecule has 1 aliphatic heterocycles. The van der Waals surface area contributed by atoms with Crippen molar-refractivity contribution in [3.8, 4) is 5.75 Å². The summed E-state index contributed by atoms with van der Waals surface area (Å²) in [6, 6.07) is 23.4. The molecule has 40 heavy (non-hydrogen) atoms. The zero-order valence-corrected chi connectivity index (χ0v) is 23.4. The molecular weight excluding hydrogens is 530 g/mol. The number of benzene rings is 3. The first-order valence-electron chi connectivity index (χ1n) is 13.2. The van der Waals surface area contributed by atoms with Gasteiger partial charge in [0.2, 0.25) is 5.91 Å². The topological polar surface area (TPSA) is 114 Å². The van der Waals surface area contributed by atoms with Gasteiger partial charge >= 0.3 is 5.97 Å². The summed E-state index contributed by atoms with van der Waals surface area (Å²) in [7, 11) is 1.67. The SMILES string of the molecule is COc1ccccc1SC[C@H]1O[C@@H](c2ccc(CNC(=O)CCC(=O)O)cc2)O[C@@H](c2ccc(CO)cc2)[C@H]1C. The largest absolute Gasteiger partial charge is 0.496 e. The van der Waals surface area contributed by atoms with Crippen molar-refractivity contribution in [2.24, 2.45) is 5.92 Å². The number of nitrogens with one attached hydrogen (secondary N) is 1. The van der Waals surface area contributed by atoms with Crippen LogP contribution in [0, 0.1) is 5.92 Å². The van der Waals surface area contributed by atoms with Crippen LogP contribution >= 0.6 is 11.8 Å². The first-order chi connectivity index (χ1) is 19.4. The first-order valence-corrected chi connectivity index (χ1v) is 14.2. The van der Waals surface area contributed by atoms with Crippen molar-refractivity contribution < 1.29 is 34.0 Å². The molecule has 1 aliphatic rings. The van der Waals surface area contributed by atoms with Crippen LogP contribution in [0.1, 0.15) is 54.4 Å². The number of aliphatic hydroxyl groups is 1. The number of carboxylic acid groups (broad SMARTS) is 1. The monoisotopic (exact) mass is 565 g/mol. The van der Waals surface area contributed by atoms with Gasteiger partial charge in [0.25, 0.3) is 0 Å². The molecule has 4 rings (SSSR count). The second kappa shape index (κ2) is 14.3. The number of hydrogen-bond acceptors (Lipinski definition) is 7. The van der Waals surface area contributed by atoms with Gasteiger partial charge in [0.05, 0.1) is 32.3 Å². The van der Waals surface area contributed by atoms with E-state index in [0.29, 0.717) is 12.3 Å². The third kappa shape index (κ3) is 7.85. The number of aliphatic carboxylic acids is 1. The molecule has 0 aliphatic carbocycles. The van der Waals surface area contributed by atoms with Crippen LogP contribution in [0.5, 0.6) is 5.75 Å². The van der Waals surface area contributed by atoms with E-state index in [1.807, 2.05) is 72.8 Å². The Kier molecular flexibility index (Phi) is 10.6. The average Bonchev–Trinajstić information content (AvgIpc) is 2.99. The second-order valence-electron chi connectivity index (χ2n) is 9.70. The minimum Gasteiger partial charge on any atom is -0.496 e. The van der Waals surface area contributed by atoms with Gasteiger partial charge in [-0.15, -0.1) is 11.8 Å². The van der Waals surface area contributed by atoms with Crippen LogP contribution in [0.25, 0.3) is 0 Å². The maximum Gasteiger partial charge on any atom is 0.303 e. The number of para-hydroxylation sites is 1. The van der Waals surface area contributed by atoms with Crippen LogP contribution in [0.3, 0.4) is 0 Å². The van der Waals surface area contributed by atoms with Gasteiger partial charge in [-0.2, -0.15) is 0 Å². The van der Waals surface area contributed by atoms with Crippen molar-refractivity contribution in [1.82, 2.24) is 5.32 Å². The molecule has 0 radical (unpaired) electrons. The fourth-order valence-corrected chi connectivity index (χ4v) is 5.72. The van der Waals surface area contributed by atoms with Crippen LogP contribution in [-0.2, 0) is 32.2 Å². The molecule has 1 saturated heterocycles. The molecule has 0 spiro atoms. The zero-order valence-electron chi connectivity index (χ0n) is 22.6. The molecule has 1 amide bonds. The van der Waals surface area contributed by atoms with E-state index in [9.17, 15) is 14.7 Å². The zero-order chi connectivity index (χ0) is 28.5. The van der Waals surface area contributed by atoms with Gasteiger partial charge in [-0.3, -0.25) is 9.59 Å². The highest BCUT2D eigenvalue weighted by atomic mass is 32.2. The van der Waals surface area contributed by atoms with Crippen molar-refractivity contribution >= 4 is 23.6 Å². The lowest BCUT2D eigenvalue weighted by Gasteiger charge is -2.41. The standard InChI is InChI=1S/C31H35NO7S/c1-20-26(19-40-27-6-4-3-5-25(27)37-2)38-31(39-30(20)23-11-9-22(18-33)10-12-23)24-13-7-21(8-14-24)17-32-28(34)15-16-29(35)36/h3-14,20,26,30-31,33H,15-19H2,1-2H3,(H,32,34)(H,35,36)/t20-,26+,30+,31+/m0/s1. The molecule has 0 unspecified atom stereocenters. The normalized spacial score (nSPS) is 20.6. The molecule has 3 aromatic rings.